The van der Waals surface area contributed by atoms with Crippen LogP contribution in [0.25, 0.3) is 0 Å². The molecule has 0 atom stereocenters. The summed E-state index contributed by atoms with van der Waals surface area (Å²) >= 11 is 0.392. The molecule has 0 aromatic rings. The fourth-order valence-corrected chi connectivity index (χ4v) is 17.2. The Kier molecular flexibility index (Phi) is 12.0. The summed E-state index contributed by atoms with van der Waals surface area (Å²) in [5.74, 6) is 0. The molecule has 0 spiro atoms. The molecule has 0 saturated carbocycles. The van der Waals surface area contributed by atoms with Gasteiger partial charge in [0.05, 0.1) is 0 Å². The molecule has 0 amide bonds. The SMILES string of the molecule is [Li]/[CH]=[CH]/[Sn]([CH2]CCC)([CH2]CCC)[CH2]CCC. The van der Waals surface area contributed by atoms with Crippen molar-refractivity contribution in [2.24, 2.45) is 0 Å². The predicted molar refractivity (Wildman–Crippen MR) is 79.8 cm³/mol. The first kappa shape index (κ1) is 17.1. The number of hydrogen-bond acceptors (Lipinski definition) is 0. The minimum atomic E-state index is -1.84. The van der Waals surface area contributed by atoms with Gasteiger partial charge in [-0.1, -0.05) is 0 Å². The van der Waals surface area contributed by atoms with Crippen molar-refractivity contribution in [2.45, 2.75) is 72.6 Å². The Balaban J connectivity index is 4.45. The molecular formula is C14H29LiSn. The van der Waals surface area contributed by atoms with Gasteiger partial charge < -0.3 is 0 Å². The molecule has 0 heterocycles. The molecule has 90 valence electrons. The summed E-state index contributed by atoms with van der Waals surface area (Å²) in [6.45, 7) is 7.02. The van der Waals surface area contributed by atoms with Crippen molar-refractivity contribution in [1.82, 2.24) is 0 Å². The Morgan fingerprint density at radius 3 is 1.44 bits per heavy atom. The van der Waals surface area contributed by atoms with E-state index in [2.05, 4.69) is 47.3 Å². The standard InChI is InChI=1S/3C4H9.C2H2.Li.Sn/c3*1-3-4-2;1-2;;/h3*1,3-4H2,2H3;1-2H;;. The molecule has 0 aliphatic heterocycles. The third-order valence-corrected chi connectivity index (χ3v) is 18.1. The van der Waals surface area contributed by atoms with Crippen molar-refractivity contribution >= 4 is 36.1 Å². The second kappa shape index (κ2) is 11.2. The Morgan fingerprint density at radius 2 is 1.19 bits per heavy atom. The number of hydrogen-bond donors (Lipinski definition) is 0. The average molecular weight is 323 g/mol. The van der Waals surface area contributed by atoms with Gasteiger partial charge in [-0.15, -0.1) is 0 Å². The Labute approximate surface area is 117 Å². The van der Waals surface area contributed by atoms with Crippen molar-refractivity contribution in [3.8, 4) is 0 Å². The van der Waals surface area contributed by atoms with E-state index in [0.717, 1.165) is 0 Å². The van der Waals surface area contributed by atoms with E-state index in [1.54, 1.807) is 13.3 Å². The first-order valence-electron chi connectivity index (χ1n) is 7.38. The van der Waals surface area contributed by atoms with Crippen LogP contribution in [0, 0.1) is 0 Å². The summed E-state index contributed by atoms with van der Waals surface area (Å²) in [7, 11) is 0. The number of unbranched alkanes of at least 4 members (excludes halogenated alkanes) is 3. The maximum absolute atomic E-state index is 2.72. The van der Waals surface area contributed by atoms with Crippen molar-refractivity contribution in [3.63, 3.8) is 0 Å². The molecule has 2 heteroatoms. The van der Waals surface area contributed by atoms with Crippen LogP contribution in [-0.4, -0.2) is 36.1 Å². The molecule has 0 rings (SSSR count). The summed E-state index contributed by atoms with van der Waals surface area (Å²) in [5, 5.41) is 0. The van der Waals surface area contributed by atoms with Crippen LogP contribution in [0.5, 0.6) is 0 Å². The molecule has 16 heavy (non-hydrogen) atoms. The van der Waals surface area contributed by atoms with Gasteiger partial charge in [-0.05, 0) is 0 Å². The van der Waals surface area contributed by atoms with Crippen LogP contribution >= 0.6 is 0 Å². The molecular weight excluding hydrogens is 294 g/mol. The minimum absolute atomic E-state index is 1.38. The van der Waals surface area contributed by atoms with E-state index in [1.807, 2.05) is 0 Å². The quantitative estimate of drug-likeness (QED) is 0.493. The second-order valence-electron chi connectivity index (χ2n) is 5.17. The summed E-state index contributed by atoms with van der Waals surface area (Å²) < 4.78 is 9.91. The fraction of sp³-hybridized carbons (Fsp3) is 0.857. The van der Waals surface area contributed by atoms with E-state index in [-0.39, 0.29) is 0 Å². The van der Waals surface area contributed by atoms with Crippen LogP contribution in [0.2, 0.25) is 13.3 Å². The molecule has 0 fully saturated rings. The Morgan fingerprint density at radius 1 is 0.812 bits per heavy atom. The van der Waals surface area contributed by atoms with E-state index >= 15 is 0 Å². The fourth-order valence-electron chi connectivity index (χ4n) is 2.57. The number of rotatable bonds is 10. The molecule has 0 nitrogen and oxygen atoms in total. The molecule has 0 saturated heterocycles. The summed E-state index contributed by atoms with van der Waals surface area (Å²) in [5.41, 5.74) is 0. The zero-order valence-corrected chi connectivity index (χ0v) is 14.9. The van der Waals surface area contributed by atoms with Crippen molar-refractivity contribution in [2.75, 3.05) is 0 Å². The van der Waals surface area contributed by atoms with Gasteiger partial charge in [0.15, 0.2) is 0 Å². The summed E-state index contributed by atoms with van der Waals surface area (Å²) in [6.07, 6.45) is 8.59. The molecule has 0 bridgehead atoms. The Hall–Kier alpha value is 1.14. The van der Waals surface area contributed by atoms with Crippen LogP contribution in [0.3, 0.4) is 0 Å². The van der Waals surface area contributed by atoms with Gasteiger partial charge in [-0.2, -0.15) is 0 Å². The van der Waals surface area contributed by atoms with Gasteiger partial charge in [0.25, 0.3) is 0 Å². The molecule has 0 unspecified atom stereocenters. The zero-order chi connectivity index (χ0) is 12.3. The van der Waals surface area contributed by atoms with Gasteiger partial charge >= 0.3 is 118 Å². The molecule has 0 aliphatic rings. The topological polar surface area (TPSA) is 0 Å². The van der Waals surface area contributed by atoms with E-state index in [1.165, 1.54) is 38.5 Å². The van der Waals surface area contributed by atoms with Gasteiger partial charge in [0.1, 0.15) is 0 Å². The monoisotopic (exact) mass is 324 g/mol. The van der Waals surface area contributed by atoms with Crippen LogP contribution in [-0.2, 0) is 0 Å². The van der Waals surface area contributed by atoms with Gasteiger partial charge in [-0.25, -0.2) is 0 Å². The predicted octanol–water partition coefficient (Wildman–Crippen LogP) is 5.06. The van der Waals surface area contributed by atoms with Gasteiger partial charge in [0.2, 0.25) is 0 Å². The van der Waals surface area contributed by atoms with E-state index < -0.39 is 18.4 Å². The summed E-state index contributed by atoms with van der Waals surface area (Å²) in [6, 6.07) is 0. The molecule has 0 radical (unpaired) electrons. The summed E-state index contributed by atoms with van der Waals surface area (Å²) in [4.78, 5) is 0. The first-order chi connectivity index (χ1) is 7.74. The average Bonchev–Trinajstić information content (AvgIpc) is 2.31. The normalized spacial score (nSPS) is 12.6. The van der Waals surface area contributed by atoms with Crippen molar-refractivity contribution in [1.29, 1.82) is 0 Å². The van der Waals surface area contributed by atoms with Crippen LogP contribution in [0.1, 0.15) is 59.3 Å². The third-order valence-electron chi connectivity index (χ3n) is 3.60. The van der Waals surface area contributed by atoms with Crippen molar-refractivity contribution in [3.05, 3.63) is 8.84 Å². The molecule has 0 aliphatic carbocycles. The second-order valence-corrected chi connectivity index (χ2v) is 18.2. The van der Waals surface area contributed by atoms with E-state index in [4.69, 9.17) is 0 Å². The van der Waals surface area contributed by atoms with Crippen LogP contribution in [0.15, 0.2) is 8.84 Å². The van der Waals surface area contributed by atoms with Crippen LogP contribution < -0.4 is 0 Å². The maximum atomic E-state index is 2.72. The first-order valence-corrected chi connectivity index (χ1v) is 15.1. The molecule has 0 aromatic carbocycles. The van der Waals surface area contributed by atoms with E-state index in [9.17, 15) is 0 Å². The van der Waals surface area contributed by atoms with Gasteiger partial charge in [0, 0.05) is 0 Å². The Bertz CT molecular complexity index is 156. The third kappa shape index (κ3) is 7.46. The molecule has 0 aromatic heterocycles. The molecule has 0 N–H and O–H groups in total. The van der Waals surface area contributed by atoms with Crippen molar-refractivity contribution < 1.29 is 0 Å². The van der Waals surface area contributed by atoms with E-state index in [0.29, 0.717) is 0 Å². The zero-order valence-electron chi connectivity index (χ0n) is 12.0. The van der Waals surface area contributed by atoms with Gasteiger partial charge in [-0.3, -0.25) is 0 Å². The van der Waals surface area contributed by atoms with Crippen LogP contribution in [0.4, 0.5) is 0 Å².